The minimum atomic E-state index is 0.0920. The molecule has 0 aromatic carbocycles. The zero-order valence-corrected chi connectivity index (χ0v) is 6.43. The van der Waals surface area contributed by atoms with Gasteiger partial charge in [-0.3, -0.25) is 0 Å². The van der Waals surface area contributed by atoms with Gasteiger partial charge in [-0.2, -0.15) is 0 Å². The van der Waals surface area contributed by atoms with E-state index in [9.17, 15) is 0 Å². The average molecular weight is 141 g/mol. The second kappa shape index (κ2) is 1.94. The first-order chi connectivity index (χ1) is 4.71. The van der Waals surface area contributed by atoms with E-state index < -0.39 is 0 Å². The van der Waals surface area contributed by atoms with Gasteiger partial charge in [-0.25, -0.2) is 0 Å². The first-order valence-electron chi connectivity index (χ1n) is 3.89. The van der Waals surface area contributed by atoms with Crippen LogP contribution in [0.4, 0.5) is 0 Å². The number of nitrogens with zero attached hydrogens (tertiary/aromatic N) is 1. The van der Waals surface area contributed by atoms with Crippen LogP contribution in [0.1, 0.15) is 0 Å². The molecule has 2 atom stereocenters. The number of likely N-dealkylation sites (N-methyl/N-ethyl adjacent to an activating group) is 1. The van der Waals surface area contributed by atoms with E-state index >= 15 is 0 Å². The predicted octanol–water partition coefficient (Wildman–Crippen LogP) is -1.15. The zero-order valence-electron chi connectivity index (χ0n) is 6.43. The number of nitrogens with two attached hydrogens (primary N) is 1. The molecule has 2 fully saturated rings. The van der Waals surface area contributed by atoms with E-state index in [4.69, 9.17) is 5.73 Å². The summed E-state index contributed by atoms with van der Waals surface area (Å²) in [5.41, 5.74) is 6.24. The Morgan fingerprint density at radius 1 is 1.70 bits per heavy atom. The molecule has 0 spiro atoms. The molecule has 2 rings (SSSR count). The summed E-state index contributed by atoms with van der Waals surface area (Å²) in [7, 11) is 2.15. The highest BCUT2D eigenvalue weighted by Gasteiger charge is 2.45. The minimum Gasteiger partial charge on any atom is -0.323 e. The van der Waals surface area contributed by atoms with Gasteiger partial charge in [0, 0.05) is 37.6 Å². The van der Waals surface area contributed by atoms with Crippen LogP contribution in [0.25, 0.3) is 0 Å². The SMILES string of the molecule is CN1CC2CNC[C@]2(N)C1. The molecule has 58 valence electrons. The Morgan fingerprint density at radius 2 is 2.50 bits per heavy atom. The fourth-order valence-corrected chi connectivity index (χ4v) is 2.20. The van der Waals surface area contributed by atoms with Crippen LogP contribution in [0.15, 0.2) is 0 Å². The average Bonchev–Trinajstić information content (AvgIpc) is 2.20. The largest absolute Gasteiger partial charge is 0.323 e. The fraction of sp³-hybridized carbons (Fsp3) is 1.00. The van der Waals surface area contributed by atoms with Crippen molar-refractivity contribution in [3.8, 4) is 0 Å². The van der Waals surface area contributed by atoms with Gasteiger partial charge in [0.05, 0.1) is 0 Å². The Morgan fingerprint density at radius 3 is 3.20 bits per heavy atom. The van der Waals surface area contributed by atoms with Gasteiger partial charge in [0.2, 0.25) is 0 Å². The molecule has 3 heteroatoms. The van der Waals surface area contributed by atoms with Crippen LogP contribution < -0.4 is 11.1 Å². The van der Waals surface area contributed by atoms with Crippen LogP contribution in [-0.2, 0) is 0 Å². The van der Waals surface area contributed by atoms with Crippen LogP contribution >= 0.6 is 0 Å². The summed E-state index contributed by atoms with van der Waals surface area (Å²) in [4.78, 5) is 2.32. The van der Waals surface area contributed by atoms with E-state index in [0.29, 0.717) is 5.92 Å². The maximum absolute atomic E-state index is 6.15. The molecule has 3 N–H and O–H groups in total. The van der Waals surface area contributed by atoms with E-state index in [1.807, 2.05) is 0 Å². The molecule has 3 nitrogen and oxygen atoms in total. The van der Waals surface area contributed by atoms with Gasteiger partial charge < -0.3 is 16.0 Å². The molecule has 0 aromatic rings. The van der Waals surface area contributed by atoms with E-state index in [0.717, 1.165) is 19.6 Å². The summed E-state index contributed by atoms with van der Waals surface area (Å²) >= 11 is 0. The lowest BCUT2D eigenvalue weighted by Gasteiger charge is -2.20. The zero-order chi connectivity index (χ0) is 7.19. The van der Waals surface area contributed by atoms with Crippen molar-refractivity contribution in [3.05, 3.63) is 0 Å². The molecular formula is C7H15N3. The molecule has 2 aliphatic heterocycles. The Kier molecular flexibility index (Phi) is 1.27. The number of hydrogen-bond acceptors (Lipinski definition) is 3. The molecule has 0 amide bonds. The molecule has 2 heterocycles. The lowest BCUT2D eigenvalue weighted by Crippen LogP contribution is -2.48. The summed E-state index contributed by atoms with van der Waals surface area (Å²) < 4.78 is 0. The quantitative estimate of drug-likeness (QED) is 0.447. The first kappa shape index (κ1) is 6.58. The first-order valence-corrected chi connectivity index (χ1v) is 3.89. The van der Waals surface area contributed by atoms with Crippen molar-refractivity contribution in [2.24, 2.45) is 11.7 Å². The summed E-state index contributed by atoms with van der Waals surface area (Å²) in [6, 6.07) is 0. The van der Waals surface area contributed by atoms with E-state index in [-0.39, 0.29) is 5.54 Å². The molecule has 0 radical (unpaired) electrons. The molecule has 2 aliphatic rings. The van der Waals surface area contributed by atoms with Crippen molar-refractivity contribution >= 4 is 0 Å². The van der Waals surface area contributed by atoms with Crippen LogP contribution in [0.3, 0.4) is 0 Å². The van der Waals surface area contributed by atoms with Crippen molar-refractivity contribution in [3.63, 3.8) is 0 Å². The number of likely N-dealkylation sites (tertiary alicyclic amines) is 1. The number of hydrogen-bond donors (Lipinski definition) is 2. The second-order valence-electron chi connectivity index (χ2n) is 3.76. The molecule has 0 aromatic heterocycles. The van der Waals surface area contributed by atoms with Gasteiger partial charge in [-0.1, -0.05) is 0 Å². The molecule has 1 unspecified atom stereocenters. The van der Waals surface area contributed by atoms with Crippen LogP contribution in [-0.4, -0.2) is 43.7 Å². The highest BCUT2D eigenvalue weighted by Crippen LogP contribution is 2.26. The van der Waals surface area contributed by atoms with Gasteiger partial charge in [0.15, 0.2) is 0 Å². The van der Waals surface area contributed by atoms with E-state index in [1.54, 1.807) is 0 Å². The van der Waals surface area contributed by atoms with Gasteiger partial charge in [-0.15, -0.1) is 0 Å². The number of rotatable bonds is 0. The van der Waals surface area contributed by atoms with Crippen molar-refractivity contribution < 1.29 is 0 Å². The lowest BCUT2D eigenvalue weighted by atomic mass is 9.92. The maximum atomic E-state index is 6.15. The lowest BCUT2D eigenvalue weighted by molar-refractivity contribution is 0.368. The third kappa shape index (κ3) is 0.779. The molecule has 0 bridgehead atoms. The molecule has 0 saturated carbocycles. The van der Waals surface area contributed by atoms with Crippen molar-refractivity contribution in [2.45, 2.75) is 5.54 Å². The van der Waals surface area contributed by atoms with Crippen molar-refractivity contribution in [2.75, 3.05) is 33.2 Å². The fourth-order valence-electron chi connectivity index (χ4n) is 2.20. The topological polar surface area (TPSA) is 41.3 Å². The molecule has 2 saturated heterocycles. The molecule has 0 aliphatic carbocycles. The Bertz CT molecular complexity index is 148. The highest BCUT2D eigenvalue weighted by molar-refractivity contribution is 5.06. The molecule has 10 heavy (non-hydrogen) atoms. The van der Waals surface area contributed by atoms with Gasteiger partial charge in [0.25, 0.3) is 0 Å². The smallest absolute Gasteiger partial charge is 0.0462 e. The summed E-state index contributed by atoms with van der Waals surface area (Å²) in [6.07, 6.45) is 0. The summed E-state index contributed by atoms with van der Waals surface area (Å²) in [5.74, 6) is 0.692. The molecular weight excluding hydrogens is 126 g/mol. The highest BCUT2D eigenvalue weighted by atomic mass is 15.2. The van der Waals surface area contributed by atoms with Gasteiger partial charge in [-0.05, 0) is 7.05 Å². The Hall–Kier alpha value is -0.120. The number of fused-ring (bicyclic) bond motifs is 1. The Balaban J connectivity index is 2.15. The third-order valence-corrected chi connectivity index (χ3v) is 2.75. The van der Waals surface area contributed by atoms with E-state index in [2.05, 4.69) is 17.3 Å². The van der Waals surface area contributed by atoms with Gasteiger partial charge >= 0.3 is 0 Å². The van der Waals surface area contributed by atoms with Crippen LogP contribution in [0.5, 0.6) is 0 Å². The third-order valence-electron chi connectivity index (χ3n) is 2.75. The Labute approximate surface area is 61.6 Å². The van der Waals surface area contributed by atoms with Crippen LogP contribution in [0.2, 0.25) is 0 Å². The van der Waals surface area contributed by atoms with Crippen molar-refractivity contribution in [1.29, 1.82) is 0 Å². The minimum absolute atomic E-state index is 0.0920. The van der Waals surface area contributed by atoms with E-state index in [1.165, 1.54) is 6.54 Å². The van der Waals surface area contributed by atoms with Crippen molar-refractivity contribution in [1.82, 2.24) is 10.2 Å². The standard InChI is InChI=1S/C7H15N3/c1-10-3-6-2-9-4-7(6,8)5-10/h6,9H,2-5,8H2,1H3/t6?,7-/m0/s1. The maximum Gasteiger partial charge on any atom is 0.0462 e. The van der Waals surface area contributed by atoms with Gasteiger partial charge in [0.1, 0.15) is 0 Å². The number of nitrogens with one attached hydrogen (secondary N) is 1. The monoisotopic (exact) mass is 141 g/mol. The normalized spacial score (nSPS) is 48.0. The predicted molar refractivity (Wildman–Crippen MR) is 40.8 cm³/mol. The van der Waals surface area contributed by atoms with Crippen LogP contribution in [0, 0.1) is 5.92 Å². The summed E-state index contributed by atoms with van der Waals surface area (Å²) in [6.45, 7) is 4.34. The summed E-state index contributed by atoms with van der Waals surface area (Å²) in [5, 5.41) is 3.33. The second-order valence-corrected chi connectivity index (χ2v) is 3.76.